The first-order valence-electron chi connectivity index (χ1n) is 6.56. The lowest BCUT2D eigenvalue weighted by atomic mass is 9.86. The average molecular weight is 245 g/mol. The molecule has 18 heavy (non-hydrogen) atoms. The van der Waals surface area contributed by atoms with Gasteiger partial charge in [0, 0.05) is 11.9 Å². The molecule has 96 valence electrons. The van der Waals surface area contributed by atoms with Crippen molar-refractivity contribution in [3.05, 3.63) is 30.1 Å². The lowest BCUT2D eigenvalue weighted by Gasteiger charge is -2.21. The molecule has 1 heterocycles. The van der Waals surface area contributed by atoms with E-state index in [0.717, 1.165) is 24.5 Å². The summed E-state index contributed by atoms with van der Waals surface area (Å²) in [6.45, 7) is 2.23. The van der Waals surface area contributed by atoms with Crippen molar-refractivity contribution in [1.82, 2.24) is 10.4 Å². The van der Waals surface area contributed by atoms with Gasteiger partial charge in [0.1, 0.15) is 5.69 Å². The minimum atomic E-state index is -0.235. The van der Waals surface area contributed by atoms with Crippen LogP contribution in [-0.2, 0) is 0 Å². The van der Waals surface area contributed by atoms with E-state index in [-0.39, 0.29) is 5.91 Å². The van der Waals surface area contributed by atoms with E-state index in [4.69, 9.17) is 0 Å². The summed E-state index contributed by atoms with van der Waals surface area (Å²) in [4.78, 5) is 15.7. The zero-order valence-corrected chi connectivity index (χ0v) is 10.7. The predicted octanol–water partition coefficient (Wildman–Crippen LogP) is 2.77. The number of hydrogen-bond donors (Lipinski definition) is 1. The first kappa shape index (κ1) is 12.7. The summed E-state index contributed by atoms with van der Waals surface area (Å²) in [6.07, 6.45) is 7.23. The van der Waals surface area contributed by atoms with Crippen molar-refractivity contribution >= 4 is 11.6 Å². The van der Waals surface area contributed by atoms with Gasteiger partial charge in [0.15, 0.2) is 0 Å². The van der Waals surface area contributed by atoms with Crippen LogP contribution < -0.4 is 5.43 Å². The summed E-state index contributed by atoms with van der Waals surface area (Å²) in [6, 6.07) is 5.26. The van der Waals surface area contributed by atoms with Gasteiger partial charge in [-0.1, -0.05) is 19.4 Å². The molecule has 4 nitrogen and oxygen atoms in total. The molecule has 0 aliphatic heterocycles. The Kier molecular flexibility index (Phi) is 4.45. The molecule has 0 saturated heterocycles. The maximum atomic E-state index is 11.7. The van der Waals surface area contributed by atoms with Gasteiger partial charge in [0.05, 0.1) is 0 Å². The van der Waals surface area contributed by atoms with Gasteiger partial charge in [-0.3, -0.25) is 9.78 Å². The van der Waals surface area contributed by atoms with Gasteiger partial charge in [-0.2, -0.15) is 5.10 Å². The number of carbonyl (C=O) groups is 1. The lowest BCUT2D eigenvalue weighted by Crippen LogP contribution is -2.22. The number of nitrogens with zero attached hydrogens (tertiary/aromatic N) is 2. The molecule has 1 aromatic rings. The molecule has 1 amide bonds. The Labute approximate surface area is 108 Å². The molecule has 0 unspecified atom stereocenters. The second-order valence-electron chi connectivity index (χ2n) is 4.69. The Morgan fingerprint density at radius 3 is 2.83 bits per heavy atom. The zero-order valence-electron chi connectivity index (χ0n) is 10.7. The largest absolute Gasteiger partial charge is 0.289 e. The molecular weight excluding hydrogens is 226 g/mol. The highest BCUT2D eigenvalue weighted by Crippen LogP contribution is 2.24. The van der Waals surface area contributed by atoms with E-state index in [1.54, 1.807) is 24.4 Å². The van der Waals surface area contributed by atoms with Crippen LogP contribution in [-0.4, -0.2) is 16.6 Å². The van der Waals surface area contributed by atoms with Crippen molar-refractivity contribution in [2.45, 2.75) is 39.0 Å². The lowest BCUT2D eigenvalue weighted by molar-refractivity contribution is 0.0949. The summed E-state index contributed by atoms with van der Waals surface area (Å²) in [5.74, 6) is 0.594. The third-order valence-electron chi connectivity index (χ3n) is 3.47. The van der Waals surface area contributed by atoms with Crippen molar-refractivity contribution < 1.29 is 4.79 Å². The van der Waals surface area contributed by atoms with E-state index in [1.807, 2.05) is 0 Å². The second kappa shape index (κ2) is 6.28. The highest BCUT2D eigenvalue weighted by atomic mass is 16.2. The van der Waals surface area contributed by atoms with E-state index >= 15 is 0 Å². The van der Waals surface area contributed by atoms with Crippen molar-refractivity contribution in [3.8, 4) is 0 Å². The zero-order chi connectivity index (χ0) is 12.8. The Morgan fingerprint density at radius 1 is 1.44 bits per heavy atom. The number of hydrogen-bond acceptors (Lipinski definition) is 3. The summed E-state index contributed by atoms with van der Waals surface area (Å²) in [5.41, 5.74) is 4.10. The van der Waals surface area contributed by atoms with Gasteiger partial charge < -0.3 is 0 Å². The van der Waals surface area contributed by atoms with Crippen molar-refractivity contribution in [2.24, 2.45) is 11.0 Å². The number of carbonyl (C=O) groups excluding carboxylic acids is 1. The van der Waals surface area contributed by atoms with Gasteiger partial charge in [-0.05, 0) is 43.7 Å². The van der Waals surface area contributed by atoms with Crippen LogP contribution in [0.4, 0.5) is 0 Å². The molecule has 0 radical (unpaired) electrons. The fraction of sp³-hybridized carbons (Fsp3) is 0.500. The number of pyridine rings is 1. The van der Waals surface area contributed by atoms with E-state index < -0.39 is 0 Å². The van der Waals surface area contributed by atoms with Crippen molar-refractivity contribution in [1.29, 1.82) is 0 Å². The van der Waals surface area contributed by atoms with Crippen molar-refractivity contribution in [3.63, 3.8) is 0 Å². The highest BCUT2D eigenvalue weighted by Gasteiger charge is 2.16. The second-order valence-corrected chi connectivity index (χ2v) is 4.69. The molecule has 1 saturated carbocycles. The average Bonchev–Trinajstić information content (AvgIpc) is 2.46. The molecular formula is C14H19N3O. The molecule has 1 aliphatic rings. The molecule has 0 aromatic carbocycles. The third-order valence-corrected chi connectivity index (χ3v) is 3.47. The minimum absolute atomic E-state index is 0.235. The van der Waals surface area contributed by atoms with Crippen LogP contribution in [0.15, 0.2) is 29.5 Å². The topological polar surface area (TPSA) is 54.4 Å². The van der Waals surface area contributed by atoms with Crippen molar-refractivity contribution in [2.75, 3.05) is 0 Å². The molecule has 0 bridgehead atoms. The van der Waals surface area contributed by atoms with Gasteiger partial charge in [-0.25, -0.2) is 5.43 Å². The van der Waals surface area contributed by atoms with Gasteiger partial charge in [0.25, 0.3) is 5.91 Å². The maximum absolute atomic E-state index is 11.7. The summed E-state index contributed by atoms with van der Waals surface area (Å²) in [5, 5.41) is 4.21. The molecule has 1 fully saturated rings. The van der Waals surface area contributed by atoms with E-state index in [9.17, 15) is 4.79 Å². The monoisotopic (exact) mass is 245 g/mol. The minimum Gasteiger partial charge on any atom is -0.266 e. The van der Waals surface area contributed by atoms with Gasteiger partial charge >= 0.3 is 0 Å². The Hall–Kier alpha value is -1.71. The van der Waals surface area contributed by atoms with E-state index in [0.29, 0.717) is 5.69 Å². The van der Waals surface area contributed by atoms with Crippen LogP contribution in [0.5, 0.6) is 0 Å². The molecule has 2 rings (SSSR count). The van der Waals surface area contributed by atoms with Crippen LogP contribution in [0.2, 0.25) is 0 Å². The van der Waals surface area contributed by atoms with Gasteiger partial charge in [0.2, 0.25) is 0 Å². The van der Waals surface area contributed by atoms with E-state index in [2.05, 4.69) is 22.4 Å². The molecule has 0 atom stereocenters. The standard InChI is InChI=1S/C14H19N3O/c1-2-11-6-8-12(9-7-11)16-17-14(18)13-5-3-4-10-15-13/h3-5,10-11H,2,6-9H2,1H3,(H,17,18). The molecule has 1 aromatic heterocycles. The predicted molar refractivity (Wildman–Crippen MR) is 71.4 cm³/mol. The van der Waals surface area contributed by atoms with Crippen LogP contribution in [0.25, 0.3) is 0 Å². The quantitative estimate of drug-likeness (QED) is 0.832. The highest BCUT2D eigenvalue weighted by molar-refractivity contribution is 5.93. The Bertz CT molecular complexity index is 418. The first-order chi connectivity index (χ1) is 8.79. The molecule has 1 N–H and O–H groups in total. The SMILES string of the molecule is CCC1CCC(=NNC(=O)c2ccccn2)CC1. The summed E-state index contributed by atoms with van der Waals surface area (Å²) in [7, 11) is 0. The van der Waals surface area contributed by atoms with Crippen LogP contribution in [0, 0.1) is 5.92 Å². The molecule has 1 aliphatic carbocycles. The third kappa shape index (κ3) is 3.39. The number of amides is 1. The number of hydrazone groups is 1. The summed E-state index contributed by atoms with van der Waals surface area (Å²) < 4.78 is 0. The normalized spacial score (nSPS) is 19.4. The summed E-state index contributed by atoms with van der Waals surface area (Å²) >= 11 is 0. The molecule has 0 spiro atoms. The molecule has 4 heteroatoms. The first-order valence-corrected chi connectivity index (χ1v) is 6.56. The smallest absolute Gasteiger partial charge is 0.266 e. The number of aromatic nitrogens is 1. The maximum Gasteiger partial charge on any atom is 0.289 e. The fourth-order valence-corrected chi connectivity index (χ4v) is 2.22. The van der Waals surface area contributed by atoms with E-state index in [1.165, 1.54) is 19.3 Å². The van der Waals surface area contributed by atoms with Crippen LogP contribution in [0.3, 0.4) is 0 Å². The van der Waals surface area contributed by atoms with Crippen LogP contribution >= 0.6 is 0 Å². The van der Waals surface area contributed by atoms with Crippen LogP contribution in [0.1, 0.15) is 49.5 Å². The fourth-order valence-electron chi connectivity index (χ4n) is 2.22. The Morgan fingerprint density at radius 2 is 2.22 bits per heavy atom. The van der Waals surface area contributed by atoms with Gasteiger partial charge in [-0.15, -0.1) is 0 Å². The number of rotatable bonds is 3. The number of nitrogens with one attached hydrogen (secondary N) is 1. The Balaban J connectivity index is 1.86.